The van der Waals surface area contributed by atoms with Gasteiger partial charge in [0, 0.05) is 29.1 Å². The fraction of sp³-hybridized carbons (Fsp3) is 0.227. The Hall–Kier alpha value is -3.59. The van der Waals surface area contributed by atoms with Gasteiger partial charge in [0.25, 0.3) is 5.91 Å². The average Bonchev–Trinajstić information content (AvgIpc) is 3.19. The first kappa shape index (κ1) is 20.7. The number of benzene rings is 2. The van der Waals surface area contributed by atoms with Gasteiger partial charge in [-0.1, -0.05) is 0 Å². The van der Waals surface area contributed by atoms with Crippen LogP contribution in [0.3, 0.4) is 0 Å². The van der Waals surface area contributed by atoms with E-state index in [1.165, 1.54) is 11.3 Å². The molecular weight excluding hydrogens is 416 g/mol. The molecule has 4 rings (SSSR count). The van der Waals surface area contributed by atoms with E-state index in [4.69, 9.17) is 19.3 Å². The van der Waals surface area contributed by atoms with Crippen LogP contribution in [0.1, 0.15) is 12.5 Å². The van der Waals surface area contributed by atoms with Gasteiger partial charge in [-0.15, -0.1) is 11.3 Å². The SMILES string of the molecule is CCN=c1scc(-c2ccc3c(c2)NC(=O)CO3)n1N=Cc1ccc(OC)cc1OC. The minimum absolute atomic E-state index is 0.0261. The van der Waals surface area contributed by atoms with E-state index in [-0.39, 0.29) is 12.5 Å². The molecule has 1 N–H and O–H groups in total. The number of nitrogens with one attached hydrogen (secondary N) is 1. The topological polar surface area (TPSA) is 86.4 Å². The van der Waals surface area contributed by atoms with Gasteiger partial charge in [0.05, 0.1) is 31.8 Å². The summed E-state index contributed by atoms with van der Waals surface area (Å²) in [6.45, 7) is 2.64. The predicted octanol–water partition coefficient (Wildman–Crippen LogP) is 3.37. The fourth-order valence-electron chi connectivity index (χ4n) is 3.14. The molecule has 8 nitrogen and oxygen atoms in total. The standard InChI is InChI=1S/C22H22N4O4S/c1-4-23-22-26(24-11-15-5-7-16(28-2)10-20(15)29-3)18(13-31-22)14-6-8-19-17(9-14)25-21(27)12-30-19/h5-11,13H,4,12H2,1-3H3,(H,25,27). The lowest BCUT2D eigenvalue weighted by Gasteiger charge is -2.18. The van der Waals surface area contributed by atoms with Crippen LogP contribution in [0.15, 0.2) is 51.9 Å². The number of fused-ring (bicyclic) bond motifs is 1. The first-order valence-electron chi connectivity index (χ1n) is 9.67. The number of carbonyl (C=O) groups excluding carboxylic acids is 1. The minimum Gasteiger partial charge on any atom is -0.497 e. The van der Waals surface area contributed by atoms with Gasteiger partial charge >= 0.3 is 0 Å². The van der Waals surface area contributed by atoms with Gasteiger partial charge < -0.3 is 19.5 Å². The van der Waals surface area contributed by atoms with Crippen molar-refractivity contribution in [3.05, 3.63) is 52.1 Å². The van der Waals surface area contributed by atoms with Gasteiger partial charge in [-0.2, -0.15) is 5.10 Å². The molecule has 3 aromatic rings. The van der Waals surface area contributed by atoms with Crippen molar-refractivity contribution >= 4 is 29.1 Å². The van der Waals surface area contributed by atoms with Crippen LogP contribution in [0.2, 0.25) is 0 Å². The summed E-state index contributed by atoms with van der Waals surface area (Å²) >= 11 is 1.50. The maximum atomic E-state index is 11.7. The average molecular weight is 439 g/mol. The van der Waals surface area contributed by atoms with Crippen LogP contribution >= 0.6 is 11.3 Å². The Bertz CT molecular complexity index is 1210. The second kappa shape index (κ2) is 9.05. The number of amides is 1. The number of hydrogen-bond donors (Lipinski definition) is 1. The third-order valence-electron chi connectivity index (χ3n) is 4.64. The van der Waals surface area contributed by atoms with E-state index in [0.717, 1.165) is 21.6 Å². The number of nitrogens with zero attached hydrogens (tertiary/aromatic N) is 3. The Morgan fingerprint density at radius 2 is 2.10 bits per heavy atom. The molecule has 1 amide bonds. The second-order valence-electron chi connectivity index (χ2n) is 6.59. The van der Waals surface area contributed by atoms with Crippen LogP contribution in [-0.2, 0) is 4.79 Å². The summed E-state index contributed by atoms with van der Waals surface area (Å²) in [6, 6.07) is 11.2. The largest absolute Gasteiger partial charge is 0.497 e. The van der Waals surface area contributed by atoms with Crippen LogP contribution in [0.25, 0.3) is 11.3 Å². The zero-order valence-electron chi connectivity index (χ0n) is 17.4. The van der Waals surface area contributed by atoms with Crippen molar-refractivity contribution in [1.29, 1.82) is 0 Å². The van der Waals surface area contributed by atoms with Crippen LogP contribution in [0.5, 0.6) is 17.2 Å². The summed E-state index contributed by atoms with van der Waals surface area (Å²) < 4.78 is 18.0. The molecular formula is C22H22N4O4S. The lowest BCUT2D eigenvalue weighted by atomic mass is 10.1. The molecule has 0 saturated heterocycles. The molecule has 0 aliphatic carbocycles. The summed E-state index contributed by atoms with van der Waals surface area (Å²) in [4.78, 5) is 17.0. The van der Waals surface area contributed by atoms with Gasteiger partial charge in [0.1, 0.15) is 17.2 Å². The normalized spacial score (nSPS) is 13.6. The maximum absolute atomic E-state index is 11.7. The van der Waals surface area contributed by atoms with Crippen molar-refractivity contribution in [2.45, 2.75) is 6.92 Å². The number of methoxy groups -OCH3 is 2. The molecule has 160 valence electrons. The van der Waals surface area contributed by atoms with E-state index in [1.54, 1.807) is 25.1 Å². The van der Waals surface area contributed by atoms with E-state index < -0.39 is 0 Å². The molecule has 0 saturated carbocycles. The highest BCUT2D eigenvalue weighted by Gasteiger charge is 2.17. The van der Waals surface area contributed by atoms with Gasteiger partial charge in [0.15, 0.2) is 6.61 Å². The summed E-state index contributed by atoms with van der Waals surface area (Å²) in [5.41, 5.74) is 3.18. The minimum atomic E-state index is -0.172. The maximum Gasteiger partial charge on any atom is 0.262 e. The zero-order valence-corrected chi connectivity index (χ0v) is 18.2. The summed E-state index contributed by atoms with van der Waals surface area (Å²) in [7, 11) is 3.22. The smallest absolute Gasteiger partial charge is 0.262 e. The second-order valence-corrected chi connectivity index (χ2v) is 7.43. The predicted molar refractivity (Wildman–Crippen MR) is 121 cm³/mol. The Kier molecular flexibility index (Phi) is 6.03. The number of anilines is 1. The first-order chi connectivity index (χ1) is 15.1. The van der Waals surface area contributed by atoms with Crippen LogP contribution in [0.4, 0.5) is 5.69 Å². The van der Waals surface area contributed by atoms with Crippen molar-refractivity contribution in [2.75, 3.05) is 32.7 Å². The van der Waals surface area contributed by atoms with Crippen molar-refractivity contribution in [3.63, 3.8) is 0 Å². The molecule has 0 atom stereocenters. The van der Waals surface area contributed by atoms with E-state index in [9.17, 15) is 4.79 Å². The molecule has 0 unspecified atom stereocenters. The zero-order chi connectivity index (χ0) is 21.8. The van der Waals surface area contributed by atoms with Crippen LogP contribution in [-0.4, -0.2) is 44.2 Å². The Balaban J connectivity index is 1.76. The van der Waals surface area contributed by atoms with E-state index in [1.807, 2.05) is 48.7 Å². The third kappa shape index (κ3) is 4.31. The van der Waals surface area contributed by atoms with Gasteiger partial charge in [0.2, 0.25) is 4.80 Å². The molecule has 2 heterocycles. The third-order valence-corrected chi connectivity index (χ3v) is 5.49. The van der Waals surface area contributed by atoms with Crippen molar-refractivity contribution in [2.24, 2.45) is 10.1 Å². The van der Waals surface area contributed by atoms with Gasteiger partial charge in [-0.25, -0.2) is 4.68 Å². The highest BCUT2D eigenvalue weighted by Crippen LogP contribution is 2.33. The summed E-state index contributed by atoms with van der Waals surface area (Å²) in [5, 5.41) is 9.53. The lowest BCUT2D eigenvalue weighted by Crippen LogP contribution is -2.25. The van der Waals surface area contributed by atoms with Crippen LogP contribution < -0.4 is 24.3 Å². The first-order valence-corrected chi connectivity index (χ1v) is 10.6. The molecule has 1 aliphatic rings. The number of aromatic nitrogens is 1. The number of hydrogen-bond acceptors (Lipinski definition) is 7. The lowest BCUT2D eigenvalue weighted by molar-refractivity contribution is -0.118. The number of rotatable bonds is 6. The number of ether oxygens (including phenoxy) is 3. The van der Waals surface area contributed by atoms with E-state index >= 15 is 0 Å². The fourth-order valence-corrected chi connectivity index (χ4v) is 4.04. The van der Waals surface area contributed by atoms with Gasteiger partial charge in [-0.05, 0) is 37.3 Å². The van der Waals surface area contributed by atoms with E-state index in [2.05, 4.69) is 10.3 Å². The quantitative estimate of drug-likeness (QED) is 0.598. The number of thiazole rings is 1. The molecule has 0 bridgehead atoms. The molecule has 0 spiro atoms. The van der Waals surface area contributed by atoms with Crippen molar-refractivity contribution in [3.8, 4) is 28.5 Å². The molecule has 1 aliphatic heterocycles. The molecule has 31 heavy (non-hydrogen) atoms. The molecule has 0 radical (unpaired) electrons. The molecule has 9 heteroatoms. The van der Waals surface area contributed by atoms with Crippen LogP contribution in [0, 0.1) is 0 Å². The van der Waals surface area contributed by atoms with Crippen molar-refractivity contribution in [1.82, 2.24) is 4.68 Å². The molecule has 0 fully saturated rings. The monoisotopic (exact) mass is 438 g/mol. The van der Waals surface area contributed by atoms with Crippen molar-refractivity contribution < 1.29 is 19.0 Å². The highest BCUT2D eigenvalue weighted by atomic mass is 32.1. The molecule has 1 aromatic heterocycles. The number of carbonyl (C=O) groups is 1. The summed E-state index contributed by atoms with van der Waals surface area (Å²) in [6.07, 6.45) is 1.73. The van der Waals surface area contributed by atoms with E-state index in [0.29, 0.717) is 29.5 Å². The Morgan fingerprint density at radius 1 is 1.23 bits per heavy atom. The highest BCUT2D eigenvalue weighted by molar-refractivity contribution is 7.07. The molecule has 2 aromatic carbocycles. The van der Waals surface area contributed by atoms with Gasteiger partial charge in [-0.3, -0.25) is 9.79 Å². The Labute approximate surface area is 183 Å². The Morgan fingerprint density at radius 3 is 2.87 bits per heavy atom. The summed E-state index contributed by atoms with van der Waals surface area (Å²) in [5.74, 6) is 1.84.